The molecule has 4 nitrogen and oxygen atoms in total. The average molecular weight is 337 g/mol. The highest BCUT2D eigenvalue weighted by atomic mass is 35.5. The number of nitrogens with zero attached hydrogens (tertiary/aromatic N) is 2. The fourth-order valence-electron chi connectivity index (χ4n) is 2.45. The summed E-state index contributed by atoms with van der Waals surface area (Å²) >= 11 is 12.0. The van der Waals surface area contributed by atoms with Crippen molar-refractivity contribution in [3.05, 3.63) is 58.3 Å². The molecule has 114 valence electrons. The molecule has 1 fully saturated rings. The second-order valence-corrected chi connectivity index (χ2v) is 5.93. The second-order valence-electron chi connectivity index (χ2n) is 5.09. The van der Waals surface area contributed by atoms with Crippen LogP contribution in [-0.2, 0) is 0 Å². The predicted octanol–water partition coefficient (Wildman–Crippen LogP) is 3.68. The van der Waals surface area contributed by atoms with Crippen molar-refractivity contribution in [1.29, 1.82) is 0 Å². The normalized spacial score (nSPS) is 17.5. The van der Waals surface area contributed by atoms with Crippen molar-refractivity contribution in [2.75, 3.05) is 13.1 Å². The first-order valence-corrected chi connectivity index (χ1v) is 7.70. The highest BCUT2D eigenvalue weighted by Crippen LogP contribution is 2.25. The van der Waals surface area contributed by atoms with Gasteiger partial charge < -0.3 is 9.64 Å². The molecule has 1 aromatic heterocycles. The number of likely N-dealkylation sites (tertiary alicyclic amines) is 1. The van der Waals surface area contributed by atoms with E-state index in [1.165, 1.54) is 0 Å². The SMILES string of the molecule is O=C(c1cc(Cl)ccc1Cl)N1CC[C@H](Oc2ccncc2)C1. The van der Waals surface area contributed by atoms with Crippen LogP contribution in [-0.4, -0.2) is 35.0 Å². The monoisotopic (exact) mass is 336 g/mol. The van der Waals surface area contributed by atoms with Crippen LogP contribution in [0.2, 0.25) is 10.0 Å². The quantitative estimate of drug-likeness (QED) is 0.858. The van der Waals surface area contributed by atoms with E-state index in [9.17, 15) is 4.79 Å². The number of pyridine rings is 1. The number of amides is 1. The molecule has 0 radical (unpaired) electrons. The van der Waals surface area contributed by atoms with Crippen LogP contribution >= 0.6 is 23.2 Å². The van der Waals surface area contributed by atoms with Crippen LogP contribution in [0.5, 0.6) is 5.75 Å². The summed E-state index contributed by atoms with van der Waals surface area (Å²) in [7, 11) is 0. The molecule has 1 aliphatic heterocycles. The van der Waals surface area contributed by atoms with E-state index < -0.39 is 0 Å². The Bertz CT molecular complexity index is 679. The second kappa shape index (κ2) is 6.55. The molecule has 2 heterocycles. The highest BCUT2D eigenvalue weighted by molar-refractivity contribution is 6.35. The van der Waals surface area contributed by atoms with Crippen molar-refractivity contribution in [2.24, 2.45) is 0 Å². The van der Waals surface area contributed by atoms with E-state index in [1.807, 2.05) is 0 Å². The number of hydrogen-bond donors (Lipinski definition) is 0. The van der Waals surface area contributed by atoms with E-state index in [0.29, 0.717) is 28.7 Å². The number of aromatic nitrogens is 1. The van der Waals surface area contributed by atoms with Crippen molar-refractivity contribution in [3.63, 3.8) is 0 Å². The van der Waals surface area contributed by atoms with Gasteiger partial charge in [0.25, 0.3) is 5.91 Å². The molecule has 1 atom stereocenters. The summed E-state index contributed by atoms with van der Waals surface area (Å²) in [5.74, 6) is 0.642. The summed E-state index contributed by atoms with van der Waals surface area (Å²) in [6.07, 6.45) is 4.12. The molecule has 0 unspecified atom stereocenters. The first-order chi connectivity index (χ1) is 10.6. The third kappa shape index (κ3) is 3.34. The van der Waals surface area contributed by atoms with Gasteiger partial charge in [-0.3, -0.25) is 9.78 Å². The third-order valence-corrected chi connectivity index (χ3v) is 4.11. The van der Waals surface area contributed by atoms with Crippen LogP contribution in [0.3, 0.4) is 0 Å². The maximum absolute atomic E-state index is 12.5. The number of hydrogen-bond acceptors (Lipinski definition) is 3. The van der Waals surface area contributed by atoms with Crippen LogP contribution < -0.4 is 4.74 Å². The van der Waals surface area contributed by atoms with Crippen LogP contribution in [0.1, 0.15) is 16.8 Å². The summed E-state index contributed by atoms with van der Waals surface area (Å²) in [4.78, 5) is 18.2. The van der Waals surface area contributed by atoms with Gasteiger partial charge in [-0.05, 0) is 30.3 Å². The van der Waals surface area contributed by atoms with Crippen LogP contribution in [0, 0.1) is 0 Å². The number of ether oxygens (including phenoxy) is 1. The van der Waals surface area contributed by atoms with Crippen molar-refractivity contribution in [1.82, 2.24) is 9.88 Å². The van der Waals surface area contributed by atoms with Gasteiger partial charge in [0.1, 0.15) is 11.9 Å². The van der Waals surface area contributed by atoms with Gasteiger partial charge in [-0.15, -0.1) is 0 Å². The smallest absolute Gasteiger partial charge is 0.255 e. The zero-order valence-electron chi connectivity index (χ0n) is 11.7. The first kappa shape index (κ1) is 15.1. The van der Waals surface area contributed by atoms with Crippen LogP contribution in [0.25, 0.3) is 0 Å². The van der Waals surface area contributed by atoms with E-state index >= 15 is 0 Å². The standard InChI is InChI=1S/C16H14Cl2N2O2/c17-11-1-2-15(18)14(9-11)16(21)20-8-5-13(10-20)22-12-3-6-19-7-4-12/h1-4,6-7,9,13H,5,8,10H2/t13-/m0/s1. The zero-order valence-corrected chi connectivity index (χ0v) is 13.2. The van der Waals surface area contributed by atoms with E-state index in [-0.39, 0.29) is 12.0 Å². The molecular formula is C16H14Cl2N2O2. The molecule has 0 N–H and O–H groups in total. The Morgan fingerprint density at radius 3 is 2.77 bits per heavy atom. The molecule has 0 aliphatic carbocycles. The van der Waals surface area contributed by atoms with Gasteiger partial charge in [0.15, 0.2) is 0 Å². The van der Waals surface area contributed by atoms with Gasteiger partial charge >= 0.3 is 0 Å². The fraction of sp³-hybridized carbons (Fsp3) is 0.250. The van der Waals surface area contributed by atoms with E-state index in [4.69, 9.17) is 27.9 Å². The van der Waals surface area contributed by atoms with Crippen LogP contribution in [0.4, 0.5) is 0 Å². The lowest BCUT2D eigenvalue weighted by Gasteiger charge is -2.18. The molecule has 1 amide bonds. The Morgan fingerprint density at radius 1 is 1.23 bits per heavy atom. The van der Waals surface area contributed by atoms with E-state index in [2.05, 4.69) is 4.98 Å². The zero-order chi connectivity index (χ0) is 15.5. The number of benzene rings is 1. The van der Waals surface area contributed by atoms with Gasteiger partial charge in [0, 0.05) is 30.4 Å². The minimum Gasteiger partial charge on any atom is -0.488 e. The lowest BCUT2D eigenvalue weighted by molar-refractivity contribution is 0.0772. The summed E-state index contributed by atoms with van der Waals surface area (Å²) < 4.78 is 5.85. The van der Waals surface area contributed by atoms with Gasteiger partial charge in [0.2, 0.25) is 0 Å². The molecule has 0 spiro atoms. The molecule has 0 saturated carbocycles. The Hall–Kier alpha value is -1.78. The molecule has 1 aliphatic rings. The van der Waals surface area contributed by atoms with Gasteiger partial charge in [-0.2, -0.15) is 0 Å². The Kier molecular flexibility index (Phi) is 4.50. The van der Waals surface area contributed by atoms with E-state index in [0.717, 1.165) is 12.2 Å². The molecule has 0 bridgehead atoms. The van der Waals surface area contributed by atoms with Crippen molar-refractivity contribution < 1.29 is 9.53 Å². The lowest BCUT2D eigenvalue weighted by Crippen LogP contribution is -2.31. The molecule has 1 saturated heterocycles. The van der Waals surface area contributed by atoms with E-state index in [1.54, 1.807) is 47.6 Å². The van der Waals surface area contributed by atoms with Crippen molar-refractivity contribution >= 4 is 29.1 Å². The van der Waals surface area contributed by atoms with Crippen LogP contribution in [0.15, 0.2) is 42.7 Å². The minimum absolute atomic E-state index is 0.0238. The highest BCUT2D eigenvalue weighted by Gasteiger charge is 2.29. The molecule has 22 heavy (non-hydrogen) atoms. The summed E-state index contributed by atoms with van der Waals surface area (Å²) in [6.45, 7) is 1.17. The molecule has 2 aromatic rings. The summed E-state index contributed by atoms with van der Waals surface area (Å²) in [5.41, 5.74) is 0.429. The van der Waals surface area contributed by atoms with Gasteiger partial charge in [0.05, 0.1) is 17.1 Å². The molecule has 6 heteroatoms. The largest absolute Gasteiger partial charge is 0.488 e. The average Bonchev–Trinajstić information content (AvgIpc) is 2.98. The fourth-order valence-corrected chi connectivity index (χ4v) is 2.82. The first-order valence-electron chi connectivity index (χ1n) is 6.94. The number of carbonyl (C=O) groups is 1. The van der Waals surface area contributed by atoms with Crippen molar-refractivity contribution in [3.8, 4) is 5.75 Å². The number of carbonyl (C=O) groups excluding carboxylic acids is 1. The summed E-state index contributed by atoms with van der Waals surface area (Å²) in [6, 6.07) is 8.51. The predicted molar refractivity (Wildman–Crippen MR) is 85.6 cm³/mol. The minimum atomic E-state index is -0.117. The molecule has 1 aromatic carbocycles. The Balaban J connectivity index is 1.67. The number of rotatable bonds is 3. The van der Waals surface area contributed by atoms with Gasteiger partial charge in [-0.1, -0.05) is 23.2 Å². The molecule has 3 rings (SSSR count). The Morgan fingerprint density at radius 2 is 2.00 bits per heavy atom. The maximum Gasteiger partial charge on any atom is 0.255 e. The van der Waals surface area contributed by atoms with Gasteiger partial charge in [-0.25, -0.2) is 0 Å². The Labute approximate surface area is 138 Å². The third-order valence-electron chi connectivity index (χ3n) is 3.54. The molecular weight excluding hydrogens is 323 g/mol. The van der Waals surface area contributed by atoms with Crippen molar-refractivity contribution in [2.45, 2.75) is 12.5 Å². The summed E-state index contributed by atoms with van der Waals surface area (Å²) in [5, 5.41) is 0.907. The lowest BCUT2D eigenvalue weighted by atomic mass is 10.2. The topological polar surface area (TPSA) is 42.4 Å². The maximum atomic E-state index is 12.5. The number of halogens is 2.